The second kappa shape index (κ2) is 8.04. The van der Waals surface area contributed by atoms with E-state index in [-0.39, 0.29) is 17.4 Å². The molecule has 4 rings (SSSR count). The molecule has 1 nitrogen and oxygen atoms in total. The van der Waals surface area contributed by atoms with Crippen LogP contribution in [0, 0.1) is 0 Å². The van der Waals surface area contributed by atoms with Crippen LogP contribution < -0.4 is 0 Å². The predicted octanol–water partition coefficient (Wildman–Crippen LogP) is 7.29. The Balaban J connectivity index is 1.86. The van der Waals surface area contributed by atoms with Crippen LogP contribution in [0.1, 0.15) is 63.6 Å². The van der Waals surface area contributed by atoms with Crippen molar-refractivity contribution in [2.75, 3.05) is 6.61 Å². The zero-order chi connectivity index (χ0) is 21.4. The van der Waals surface area contributed by atoms with Crippen molar-refractivity contribution in [1.82, 2.24) is 0 Å². The van der Waals surface area contributed by atoms with E-state index in [1.165, 1.54) is 51.8 Å². The Morgan fingerprint density at radius 2 is 1.37 bits per heavy atom. The average molecular weight is 399 g/mol. The van der Waals surface area contributed by atoms with Gasteiger partial charge in [-0.05, 0) is 81.5 Å². The quantitative estimate of drug-likeness (QED) is 0.478. The molecule has 1 N–H and O–H groups in total. The van der Waals surface area contributed by atoms with Crippen molar-refractivity contribution in [3.63, 3.8) is 0 Å². The van der Waals surface area contributed by atoms with Gasteiger partial charge < -0.3 is 5.11 Å². The molecule has 0 unspecified atom stereocenters. The number of aliphatic hydroxyl groups excluding tert-OH is 1. The number of aryl methyl sites for hydroxylation is 1. The fourth-order valence-electron chi connectivity index (χ4n) is 4.90. The van der Waals surface area contributed by atoms with Crippen LogP contribution in [0.15, 0.2) is 66.7 Å². The first-order valence-electron chi connectivity index (χ1n) is 11.3. The summed E-state index contributed by atoms with van der Waals surface area (Å²) in [5, 5.41) is 9.41. The molecule has 1 heteroatoms. The topological polar surface area (TPSA) is 20.2 Å². The Hall–Kier alpha value is -2.38. The van der Waals surface area contributed by atoms with Crippen molar-refractivity contribution in [2.45, 2.75) is 64.2 Å². The number of fused-ring (bicyclic) bond motifs is 1. The second-order valence-corrected chi connectivity index (χ2v) is 10.1. The van der Waals surface area contributed by atoms with Gasteiger partial charge in [0.25, 0.3) is 0 Å². The Labute approximate surface area is 181 Å². The lowest BCUT2D eigenvalue weighted by molar-refractivity contribution is 0.288. The van der Waals surface area contributed by atoms with E-state index >= 15 is 0 Å². The van der Waals surface area contributed by atoms with Crippen LogP contribution in [-0.4, -0.2) is 11.7 Å². The normalized spacial score (nSPS) is 16.8. The molecule has 156 valence electrons. The van der Waals surface area contributed by atoms with E-state index in [1.54, 1.807) is 0 Å². The van der Waals surface area contributed by atoms with E-state index in [4.69, 9.17) is 0 Å². The molecule has 0 bridgehead atoms. The maximum absolute atomic E-state index is 9.41. The highest BCUT2D eigenvalue weighted by molar-refractivity contribution is 5.76. The summed E-state index contributed by atoms with van der Waals surface area (Å²) in [6.45, 7) is 9.76. The molecule has 0 amide bonds. The van der Waals surface area contributed by atoms with Crippen molar-refractivity contribution in [1.29, 1.82) is 0 Å². The highest BCUT2D eigenvalue weighted by Gasteiger charge is 2.37. The molecule has 1 aliphatic rings. The van der Waals surface area contributed by atoms with Gasteiger partial charge in [0, 0.05) is 6.61 Å². The van der Waals surface area contributed by atoms with Crippen LogP contribution in [-0.2, 0) is 17.3 Å². The van der Waals surface area contributed by atoms with Gasteiger partial charge in [-0.15, -0.1) is 0 Å². The van der Waals surface area contributed by atoms with Crippen LogP contribution in [0.3, 0.4) is 0 Å². The summed E-state index contributed by atoms with van der Waals surface area (Å²) < 4.78 is 0. The van der Waals surface area contributed by atoms with Gasteiger partial charge in [0.05, 0.1) is 0 Å². The summed E-state index contributed by atoms with van der Waals surface area (Å²) in [5.41, 5.74) is 9.82. The van der Waals surface area contributed by atoms with Crippen LogP contribution >= 0.6 is 0 Å². The molecule has 3 aromatic rings. The molecule has 3 aromatic carbocycles. The molecule has 0 saturated carbocycles. The Morgan fingerprint density at radius 1 is 0.700 bits per heavy atom. The van der Waals surface area contributed by atoms with Crippen LogP contribution in [0.4, 0.5) is 0 Å². The van der Waals surface area contributed by atoms with Crippen molar-refractivity contribution >= 4 is 0 Å². The fraction of sp³-hybridized carbons (Fsp3) is 0.379. The lowest BCUT2D eigenvalue weighted by atomic mass is 9.63. The zero-order valence-electron chi connectivity index (χ0n) is 18.8. The third kappa shape index (κ3) is 3.96. The number of rotatable bonds is 5. The maximum atomic E-state index is 9.41. The van der Waals surface area contributed by atoms with Crippen molar-refractivity contribution in [3.05, 3.63) is 83.4 Å². The van der Waals surface area contributed by atoms with E-state index in [2.05, 4.69) is 94.4 Å². The van der Waals surface area contributed by atoms with Gasteiger partial charge in [0.1, 0.15) is 0 Å². The molecule has 0 aliphatic heterocycles. The summed E-state index contributed by atoms with van der Waals surface area (Å²) in [7, 11) is 0. The summed E-state index contributed by atoms with van der Waals surface area (Å²) in [4.78, 5) is 0. The molecule has 0 radical (unpaired) electrons. The number of hydrogen-bond donors (Lipinski definition) is 1. The molecule has 0 spiro atoms. The first-order chi connectivity index (χ1) is 14.3. The first-order valence-corrected chi connectivity index (χ1v) is 11.3. The predicted molar refractivity (Wildman–Crippen MR) is 128 cm³/mol. The van der Waals surface area contributed by atoms with E-state index in [0.717, 1.165) is 12.8 Å². The molecule has 0 atom stereocenters. The minimum Gasteiger partial charge on any atom is -0.396 e. The summed E-state index contributed by atoms with van der Waals surface area (Å²) in [6.07, 6.45) is 4.14. The maximum Gasteiger partial charge on any atom is 0.0434 e. The molecule has 0 fully saturated rings. The van der Waals surface area contributed by atoms with Crippen molar-refractivity contribution in [3.8, 4) is 22.3 Å². The molecule has 0 saturated heterocycles. The number of aliphatic hydroxyl groups is 1. The van der Waals surface area contributed by atoms with Crippen LogP contribution in [0.2, 0.25) is 0 Å². The van der Waals surface area contributed by atoms with Gasteiger partial charge in [0.15, 0.2) is 0 Å². The Kier molecular flexibility index (Phi) is 5.59. The summed E-state index contributed by atoms with van der Waals surface area (Å²) in [5.74, 6) is 0. The largest absolute Gasteiger partial charge is 0.396 e. The SMILES string of the molecule is CC1(C)CCC(C)(C)c2cc(-c3cc(-c4ccccc4)ccc3CCCO)ccc21. The highest BCUT2D eigenvalue weighted by Crippen LogP contribution is 2.47. The third-order valence-electron chi connectivity index (χ3n) is 6.99. The lowest BCUT2D eigenvalue weighted by Gasteiger charge is -2.42. The molecular weight excluding hydrogens is 364 g/mol. The van der Waals surface area contributed by atoms with Gasteiger partial charge in [-0.3, -0.25) is 0 Å². The standard InChI is InChI=1S/C29H34O/c1-28(2)16-17-29(3,4)27-20-24(14-15-26(27)28)25-19-23(21-9-6-5-7-10-21)13-12-22(25)11-8-18-30/h5-7,9-10,12-15,19-20,30H,8,11,16-18H2,1-4H3. The Bertz CT molecular complexity index is 1030. The molecule has 30 heavy (non-hydrogen) atoms. The van der Waals surface area contributed by atoms with Crippen molar-refractivity contribution < 1.29 is 5.11 Å². The smallest absolute Gasteiger partial charge is 0.0434 e. The molecule has 0 heterocycles. The van der Waals surface area contributed by atoms with E-state index < -0.39 is 0 Å². The van der Waals surface area contributed by atoms with Crippen LogP contribution in [0.5, 0.6) is 0 Å². The van der Waals surface area contributed by atoms with E-state index in [1.807, 2.05) is 0 Å². The zero-order valence-corrected chi connectivity index (χ0v) is 18.8. The molecular formula is C29H34O. The highest BCUT2D eigenvalue weighted by atomic mass is 16.2. The van der Waals surface area contributed by atoms with Gasteiger partial charge >= 0.3 is 0 Å². The van der Waals surface area contributed by atoms with Gasteiger partial charge in [-0.1, -0.05) is 88.4 Å². The van der Waals surface area contributed by atoms with Crippen molar-refractivity contribution in [2.24, 2.45) is 0 Å². The van der Waals surface area contributed by atoms with Gasteiger partial charge in [-0.25, -0.2) is 0 Å². The lowest BCUT2D eigenvalue weighted by Crippen LogP contribution is -2.33. The van der Waals surface area contributed by atoms with Gasteiger partial charge in [-0.2, -0.15) is 0 Å². The van der Waals surface area contributed by atoms with E-state index in [9.17, 15) is 5.11 Å². The summed E-state index contributed by atoms with van der Waals surface area (Å²) in [6, 6.07) is 24.5. The molecule has 1 aliphatic carbocycles. The fourth-order valence-corrected chi connectivity index (χ4v) is 4.90. The Morgan fingerprint density at radius 3 is 2.07 bits per heavy atom. The van der Waals surface area contributed by atoms with Crippen LogP contribution in [0.25, 0.3) is 22.3 Å². The first kappa shape index (κ1) is 20.9. The second-order valence-electron chi connectivity index (χ2n) is 10.1. The minimum atomic E-state index is 0.198. The number of benzene rings is 3. The van der Waals surface area contributed by atoms with E-state index in [0.29, 0.717) is 0 Å². The average Bonchev–Trinajstić information content (AvgIpc) is 2.76. The minimum absolute atomic E-state index is 0.198. The third-order valence-corrected chi connectivity index (χ3v) is 6.99. The summed E-state index contributed by atoms with van der Waals surface area (Å²) >= 11 is 0. The van der Waals surface area contributed by atoms with Gasteiger partial charge in [0.2, 0.25) is 0 Å². The monoisotopic (exact) mass is 398 g/mol. The molecule has 0 aromatic heterocycles. The number of hydrogen-bond acceptors (Lipinski definition) is 1.